The van der Waals surface area contributed by atoms with Crippen molar-refractivity contribution in [3.05, 3.63) is 29.3 Å². The van der Waals surface area contributed by atoms with Gasteiger partial charge < -0.3 is 10.2 Å². The third-order valence-electron chi connectivity index (χ3n) is 2.90. The van der Waals surface area contributed by atoms with Crippen LogP contribution in [-0.4, -0.2) is 26.7 Å². The van der Waals surface area contributed by atoms with Crippen molar-refractivity contribution in [1.82, 2.24) is 5.32 Å². The zero-order valence-corrected chi connectivity index (χ0v) is 11.1. The van der Waals surface area contributed by atoms with E-state index in [1.165, 1.54) is 16.8 Å². The van der Waals surface area contributed by atoms with Gasteiger partial charge in [0.05, 0.1) is 12.1 Å². The molecule has 0 spiro atoms. The maximum absolute atomic E-state index is 8.87. The molecule has 0 aliphatic carbocycles. The molecule has 0 heterocycles. The Labute approximate surface area is 104 Å². The first-order valence-corrected chi connectivity index (χ1v) is 5.93. The second-order valence-electron chi connectivity index (χ2n) is 4.53. The minimum absolute atomic E-state index is 0.0663. The van der Waals surface area contributed by atoms with Crippen molar-refractivity contribution in [3.8, 4) is 6.07 Å². The summed E-state index contributed by atoms with van der Waals surface area (Å²) in [6, 6.07) is 8.70. The lowest BCUT2D eigenvalue weighted by atomic mass is 10.1. The van der Waals surface area contributed by atoms with Crippen LogP contribution in [0.3, 0.4) is 0 Å². The van der Waals surface area contributed by atoms with E-state index in [2.05, 4.69) is 55.4 Å². The van der Waals surface area contributed by atoms with Crippen LogP contribution < -0.4 is 10.2 Å². The van der Waals surface area contributed by atoms with Gasteiger partial charge in [-0.05, 0) is 50.6 Å². The predicted molar refractivity (Wildman–Crippen MR) is 72.3 cm³/mol. The van der Waals surface area contributed by atoms with Gasteiger partial charge in [0.2, 0.25) is 0 Å². The quantitative estimate of drug-likeness (QED) is 0.844. The molecule has 0 saturated heterocycles. The number of aryl methyl sites for hydroxylation is 2. The van der Waals surface area contributed by atoms with Crippen LogP contribution in [0.2, 0.25) is 0 Å². The van der Waals surface area contributed by atoms with Crippen molar-refractivity contribution >= 4 is 5.69 Å². The van der Waals surface area contributed by atoms with E-state index in [0.29, 0.717) is 0 Å². The van der Waals surface area contributed by atoms with Crippen LogP contribution in [-0.2, 0) is 0 Å². The zero-order chi connectivity index (χ0) is 12.8. The molecule has 1 aromatic carbocycles. The first-order chi connectivity index (χ1) is 8.06. The van der Waals surface area contributed by atoms with E-state index in [4.69, 9.17) is 5.26 Å². The highest BCUT2D eigenvalue weighted by Gasteiger charge is 2.07. The summed E-state index contributed by atoms with van der Waals surface area (Å²) in [6.45, 7) is 5.09. The van der Waals surface area contributed by atoms with Crippen molar-refractivity contribution in [3.63, 3.8) is 0 Å². The van der Waals surface area contributed by atoms with E-state index in [0.717, 1.165) is 13.0 Å². The number of anilines is 1. The van der Waals surface area contributed by atoms with Gasteiger partial charge in [0, 0.05) is 19.3 Å². The molecule has 0 aliphatic rings. The maximum atomic E-state index is 8.87. The normalized spacial score (nSPS) is 11.9. The average molecular weight is 231 g/mol. The Kier molecular flexibility index (Phi) is 4.99. The first kappa shape index (κ1) is 13.5. The number of hydrogen-bond acceptors (Lipinski definition) is 3. The van der Waals surface area contributed by atoms with Crippen molar-refractivity contribution in [2.45, 2.75) is 26.3 Å². The molecule has 0 fully saturated rings. The van der Waals surface area contributed by atoms with Crippen molar-refractivity contribution in [2.24, 2.45) is 0 Å². The Hall–Kier alpha value is -1.53. The van der Waals surface area contributed by atoms with E-state index in [9.17, 15) is 0 Å². The number of nitrogens with zero attached hydrogens (tertiary/aromatic N) is 2. The summed E-state index contributed by atoms with van der Waals surface area (Å²) >= 11 is 0. The average Bonchev–Trinajstić information content (AvgIpc) is 2.28. The van der Waals surface area contributed by atoms with Crippen LogP contribution in [0.4, 0.5) is 5.69 Å². The molecule has 1 atom stereocenters. The van der Waals surface area contributed by atoms with Gasteiger partial charge in [0.25, 0.3) is 0 Å². The molecule has 0 aromatic heterocycles. The van der Waals surface area contributed by atoms with Gasteiger partial charge in [-0.25, -0.2) is 0 Å². The summed E-state index contributed by atoms with van der Waals surface area (Å²) in [6.07, 6.45) is 0.830. The molecule has 1 rings (SSSR count). The number of hydrogen-bond donors (Lipinski definition) is 1. The molecule has 3 heteroatoms. The number of rotatable bonds is 5. The lowest BCUT2D eigenvalue weighted by Crippen LogP contribution is -2.29. The summed E-state index contributed by atoms with van der Waals surface area (Å²) in [7, 11) is 3.89. The fraction of sp³-hybridized carbons (Fsp3) is 0.500. The molecule has 0 bridgehead atoms. The Balaban J connectivity index is 2.64. The predicted octanol–water partition coefficient (Wildman–Crippen LogP) is 2.24. The molecule has 0 saturated carbocycles. The maximum Gasteiger partial charge on any atom is 0.0967 e. The second kappa shape index (κ2) is 6.27. The topological polar surface area (TPSA) is 39.1 Å². The van der Waals surface area contributed by atoms with Crippen molar-refractivity contribution < 1.29 is 0 Å². The largest absolute Gasteiger partial charge is 0.374 e. The van der Waals surface area contributed by atoms with Gasteiger partial charge in [-0.3, -0.25) is 0 Å². The second-order valence-corrected chi connectivity index (χ2v) is 4.53. The van der Waals surface area contributed by atoms with Crippen LogP contribution in [0.5, 0.6) is 0 Å². The van der Waals surface area contributed by atoms with Gasteiger partial charge in [-0.15, -0.1) is 0 Å². The smallest absolute Gasteiger partial charge is 0.0967 e. The summed E-state index contributed by atoms with van der Waals surface area (Å²) < 4.78 is 0. The lowest BCUT2D eigenvalue weighted by molar-refractivity contribution is 0.621. The third-order valence-corrected chi connectivity index (χ3v) is 2.90. The van der Waals surface area contributed by atoms with E-state index >= 15 is 0 Å². The van der Waals surface area contributed by atoms with E-state index in [1.807, 2.05) is 7.05 Å². The van der Waals surface area contributed by atoms with E-state index < -0.39 is 0 Å². The van der Waals surface area contributed by atoms with Crippen molar-refractivity contribution in [2.75, 3.05) is 25.5 Å². The third kappa shape index (κ3) is 4.08. The Morgan fingerprint density at radius 1 is 1.29 bits per heavy atom. The SMILES string of the molecule is CNC(C#N)CCN(C)c1cc(C)cc(C)c1. The van der Waals surface area contributed by atoms with Crippen LogP contribution >= 0.6 is 0 Å². The molecule has 0 amide bonds. The number of nitrogens with one attached hydrogen (secondary N) is 1. The molecule has 1 unspecified atom stereocenters. The molecule has 92 valence electrons. The summed E-state index contributed by atoms with van der Waals surface area (Å²) in [5.41, 5.74) is 3.77. The molecular formula is C14H21N3. The molecule has 1 aromatic rings. The van der Waals surface area contributed by atoms with Crippen LogP contribution in [0, 0.1) is 25.2 Å². The van der Waals surface area contributed by atoms with E-state index in [-0.39, 0.29) is 6.04 Å². The Bertz CT molecular complexity index is 386. The molecule has 3 nitrogen and oxygen atoms in total. The van der Waals surface area contributed by atoms with Crippen LogP contribution in [0.15, 0.2) is 18.2 Å². The summed E-state index contributed by atoms with van der Waals surface area (Å²) in [5.74, 6) is 0. The molecule has 1 N–H and O–H groups in total. The monoisotopic (exact) mass is 231 g/mol. The molecule has 0 radical (unpaired) electrons. The fourth-order valence-electron chi connectivity index (χ4n) is 1.90. The van der Waals surface area contributed by atoms with Crippen LogP contribution in [0.1, 0.15) is 17.5 Å². The Morgan fingerprint density at radius 2 is 1.88 bits per heavy atom. The number of nitriles is 1. The highest BCUT2D eigenvalue weighted by molar-refractivity contribution is 5.50. The van der Waals surface area contributed by atoms with Gasteiger partial charge >= 0.3 is 0 Å². The highest BCUT2D eigenvalue weighted by atomic mass is 15.1. The van der Waals surface area contributed by atoms with Crippen LogP contribution in [0.25, 0.3) is 0 Å². The van der Waals surface area contributed by atoms with Gasteiger partial charge in [-0.2, -0.15) is 5.26 Å². The van der Waals surface area contributed by atoms with Gasteiger partial charge in [0.1, 0.15) is 0 Å². The minimum Gasteiger partial charge on any atom is -0.374 e. The summed E-state index contributed by atoms with van der Waals surface area (Å²) in [4.78, 5) is 2.20. The molecule has 17 heavy (non-hydrogen) atoms. The minimum atomic E-state index is -0.0663. The lowest BCUT2D eigenvalue weighted by Gasteiger charge is -2.21. The summed E-state index contributed by atoms with van der Waals surface area (Å²) in [5, 5.41) is 11.9. The first-order valence-electron chi connectivity index (χ1n) is 5.93. The van der Waals surface area contributed by atoms with Gasteiger partial charge in [0.15, 0.2) is 0 Å². The number of benzene rings is 1. The standard InChI is InChI=1S/C14H21N3/c1-11-7-12(2)9-14(8-11)17(4)6-5-13(10-15)16-3/h7-9,13,16H,5-6H2,1-4H3. The Morgan fingerprint density at radius 3 is 2.35 bits per heavy atom. The van der Waals surface area contributed by atoms with Gasteiger partial charge in [-0.1, -0.05) is 6.07 Å². The molecule has 0 aliphatic heterocycles. The molecular weight excluding hydrogens is 210 g/mol. The van der Waals surface area contributed by atoms with Crippen molar-refractivity contribution in [1.29, 1.82) is 5.26 Å². The fourth-order valence-corrected chi connectivity index (χ4v) is 1.90. The van der Waals surface area contributed by atoms with E-state index in [1.54, 1.807) is 0 Å². The zero-order valence-electron chi connectivity index (χ0n) is 11.1. The highest BCUT2D eigenvalue weighted by Crippen LogP contribution is 2.17.